The molecule has 2 aromatic rings. The highest BCUT2D eigenvalue weighted by molar-refractivity contribution is 7.10. The SMILES string of the molecule is CCc1ccc(CN2CCc3c(C(=O)N4CCC[C@H](N)CC4)csc3C2)nc1. The fraction of sp³-hybridized carbons (Fsp3) is 0.545. The maximum atomic E-state index is 13.1. The first kappa shape index (κ1) is 19.6. The second kappa shape index (κ2) is 8.72. The molecule has 0 aliphatic carbocycles. The Morgan fingerprint density at radius 2 is 2.18 bits per heavy atom. The Kier molecular flexibility index (Phi) is 6.09. The second-order valence-electron chi connectivity index (χ2n) is 8.01. The van der Waals surface area contributed by atoms with Gasteiger partial charge >= 0.3 is 0 Å². The fourth-order valence-electron chi connectivity index (χ4n) is 4.18. The van der Waals surface area contributed by atoms with Gasteiger partial charge in [-0.05, 0) is 49.3 Å². The molecule has 28 heavy (non-hydrogen) atoms. The minimum atomic E-state index is 0.205. The van der Waals surface area contributed by atoms with Crippen LogP contribution in [0, 0.1) is 0 Å². The molecule has 6 heteroatoms. The number of aryl methyl sites for hydroxylation is 1. The van der Waals surface area contributed by atoms with Crippen LogP contribution in [0.2, 0.25) is 0 Å². The number of carbonyl (C=O) groups excluding carboxylic acids is 1. The Balaban J connectivity index is 1.42. The number of amides is 1. The van der Waals surface area contributed by atoms with Gasteiger partial charge in [-0.15, -0.1) is 11.3 Å². The standard InChI is InChI=1S/C22H30N4OS/c1-2-16-5-6-18(24-12-16)13-25-10-8-19-20(15-28-21(19)14-25)22(27)26-9-3-4-17(23)7-11-26/h5-6,12,15,17H,2-4,7-11,13-14,23H2,1H3/t17-/m0/s1. The predicted octanol–water partition coefficient (Wildman–Crippen LogP) is 3.22. The number of pyridine rings is 1. The van der Waals surface area contributed by atoms with Crippen LogP contribution >= 0.6 is 11.3 Å². The minimum absolute atomic E-state index is 0.205. The second-order valence-corrected chi connectivity index (χ2v) is 8.97. The number of nitrogens with zero attached hydrogens (tertiary/aromatic N) is 3. The maximum absolute atomic E-state index is 13.1. The first-order valence-electron chi connectivity index (χ1n) is 10.4. The van der Waals surface area contributed by atoms with E-state index in [1.54, 1.807) is 11.3 Å². The van der Waals surface area contributed by atoms with Crippen molar-refractivity contribution in [2.75, 3.05) is 19.6 Å². The van der Waals surface area contributed by atoms with Crippen molar-refractivity contribution in [1.82, 2.24) is 14.8 Å². The van der Waals surface area contributed by atoms with Crippen LogP contribution in [0.25, 0.3) is 0 Å². The summed E-state index contributed by atoms with van der Waals surface area (Å²) in [5.41, 5.74) is 10.7. The molecule has 0 unspecified atom stereocenters. The van der Waals surface area contributed by atoms with Crippen molar-refractivity contribution in [2.45, 2.75) is 58.2 Å². The van der Waals surface area contributed by atoms with E-state index in [1.807, 2.05) is 11.1 Å². The van der Waals surface area contributed by atoms with E-state index in [1.165, 1.54) is 16.0 Å². The number of aromatic nitrogens is 1. The summed E-state index contributed by atoms with van der Waals surface area (Å²) >= 11 is 1.74. The third-order valence-corrected chi connectivity index (χ3v) is 7.01. The highest BCUT2D eigenvalue weighted by atomic mass is 32.1. The van der Waals surface area contributed by atoms with Crippen molar-refractivity contribution in [3.63, 3.8) is 0 Å². The van der Waals surface area contributed by atoms with Gasteiger partial charge in [0.25, 0.3) is 5.91 Å². The van der Waals surface area contributed by atoms with Gasteiger partial charge in [-0.2, -0.15) is 0 Å². The number of hydrogen-bond acceptors (Lipinski definition) is 5. The zero-order chi connectivity index (χ0) is 19.5. The summed E-state index contributed by atoms with van der Waals surface area (Å²) in [5, 5.41) is 2.08. The van der Waals surface area contributed by atoms with Crippen LogP contribution in [-0.2, 0) is 25.9 Å². The molecule has 1 amide bonds. The highest BCUT2D eigenvalue weighted by Gasteiger charge is 2.27. The monoisotopic (exact) mass is 398 g/mol. The third kappa shape index (κ3) is 4.29. The van der Waals surface area contributed by atoms with Crippen molar-refractivity contribution >= 4 is 17.2 Å². The lowest BCUT2D eigenvalue weighted by Gasteiger charge is -2.27. The van der Waals surface area contributed by atoms with Crippen molar-refractivity contribution in [3.8, 4) is 0 Å². The Bertz CT molecular complexity index is 816. The van der Waals surface area contributed by atoms with E-state index in [0.717, 1.165) is 76.1 Å². The molecule has 4 heterocycles. The summed E-state index contributed by atoms with van der Waals surface area (Å²) in [4.78, 5) is 23.5. The third-order valence-electron chi connectivity index (χ3n) is 6.00. The molecule has 150 valence electrons. The molecule has 2 N–H and O–H groups in total. The molecule has 1 saturated heterocycles. The van der Waals surface area contributed by atoms with E-state index in [0.29, 0.717) is 0 Å². The van der Waals surface area contributed by atoms with Crippen LogP contribution in [0.4, 0.5) is 0 Å². The van der Waals surface area contributed by atoms with Gasteiger partial charge < -0.3 is 10.6 Å². The summed E-state index contributed by atoms with van der Waals surface area (Å²) < 4.78 is 0. The van der Waals surface area contributed by atoms with E-state index in [4.69, 9.17) is 5.73 Å². The Morgan fingerprint density at radius 3 is 2.96 bits per heavy atom. The zero-order valence-corrected chi connectivity index (χ0v) is 17.5. The Morgan fingerprint density at radius 1 is 1.29 bits per heavy atom. The molecular formula is C22H30N4OS. The van der Waals surface area contributed by atoms with Crippen molar-refractivity contribution in [1.29, 1.82) is 0 Å². The largest absolute Gasteiger partial charge is 0.339 e. The van der Waals surface area contributed by atoms with Crippen LogP contribution in [0.1, 0.15) is 58.2 Å². The summed E-state index contributed by atoms with van der Waals surface area (Å²) in [7, 11) is 0. The highest BCUT2D eigenvalue weighted by Crippen LogP contribution is 2.30. The molecule has 2 aromatic heterocycles. The first-order chi connectivity index (χ1) is 13.6. The summed E-state index contributed by atoms with van der Waals surface area (Å²) in [6.07, 6.45) is 6.90. The summed E-state index contributed by atoms with van der Waals surface area (Å²) in [6.45, 7) is 6.54. The number of likely N-dealkylation sites (tertiary alicyclic amines) is 1. The zero-order valence-electron chi connectivity index (χ0n) is 16.7. The van der Waals surface area contributed by atoms with Crippen LogP contribution < -0.4 is 5.73 Å². The smallest absolute Gasteiger partial charge is 0.254 e. The van der Waals surface area contributed by atoms with E-state index >= 15 is 0 Å². The topological polar surface area (TPSA) is 62.5 Å². The fourth-order valence-corrected chi connectivity index (χ4v) is 5.29. The van der Waals surface area contributed by atoms with Crippen molar-refractivity contribution < 1.29 is 4.79 Å². The molecule has 0 radical (unpaired) electrons. The van der Waals surface area contributed by atoms with Gasteiger partial charge in [0.15, 0.2) is 0 Å². The van der Waals surface area contributed by atoms with Crippen molar-refractivity contribution in [2.24, 2.45) is 5.73 Å². The van der Waals surface area contributed by atoms with Gasteiger partial charge in [0.05, 0.1) is 11.3 Å². The molecule has 5 nitrogen and oxygen atoms in total. The molecule has 1 fully saturated rings. The van der Waals surface area contributed by atoms with Gasteiger partial charge in [0, 0.05) is 55.2 Å². The van der Waals surface area contributed by atoms with Crippen LogP contribution in [0.5, 0.6) is 0 Å². The van der Waals surface area contributed by atoms with Gasteiger partial charge in [-0.1, -0.05) is 13.0 Å². The number of thiophene rings is 1. The van der Waals surface area contributed by atoms with E-state index < -0.39 is 0 Å². The molecule has 2 aliphatic heterocycles. The lowest BCUT2D eigenvalue weighted by Crippen LogP contribution is -2.34. The molecule has 0 bridgehead atoms. The predicted molar refractivity (Wildman–Crippen MR) is 113 cm³/mol. The lowest BCUT2D eigenvalue weighted by atomic mass is 10.0. The molecule has 1 atom stereocenters. The number of rotatable bonds is 4. The average Bonchev–Trinajstić information content (AvgIpc) is 3.01. The first-order valence-corrected chi connectivity index (χ1v) is 11.3. The number of fused-ring (bicyclic) bond motifs is 1. The van der Waals surface area contributed by atoms with Crippen LogP contribution in [-0.4, -0.2) is 46.4 Å². The average molecular weight is 399 g/mol. The van der Waals surface area contributed by atoms with Crippen molar-refractivity contribution in [3.05, 3.63) is 51.0 Å². The van der Waals surface area contributed by atoms with Gasteiger partial charge in [0.2, 0.25) is 0 Å². The molecule has 0 saturated carbocycles. The molecule has 0 aromatic carbocycles. The summed E-state index contributed by atoms with van der Waals surface area (Å²) in [5.74, 6) is 0.205. The Labute approximate surface area is 171 Å². The van der Waals surface area contributed by atoms with E-state index in [9.17, 15) is 4.79 Å². The quantitative estimate of drug-likeness (QED) is 0.859. The molecule has 2 aliphatic rings. The normalized spacial score (nSPS) is 20.6. The van der Waals surface area contributed by atoms with Gasteiger partial charge in [-0.3, -0.25) is 14.7 Å². The number of carbonyl (C=O) groups is 1. The van der Waals surface area contributed by atoms with Crippen LogP contribution in [0.3, 0.4) is 0 Å². The lowest BCUT2D eigenvalue weighted by molar-refractivity contribution is 0.0760. The summed E-state index contributed by atoms with van der Waals surface area (Å²) in [6, 6.07) is 4.55. The van der Waals surface area contributed by atoms with Gasteiger partial charge in [-0.25, -0.2) is 0 Å². The molecule has 4 rings (SSSR count). The molecular weight excluding hydrogens is 368 g/mol. The maximum Gasteiger partial charge on any atom is 0.254 e. The molecule has 0 spiro atoms. The minimum Gasteiger partial charge on any atom is -0.339 e. The van der Waals surface area contributed by atoms with E-state index in [2.05, 4.69) is 34.3 Å². The van der Waals surface area contributed by atoms with Gasteiger partial charge in [0.1, 0.15) is 0 Å². The van der Waals surface area contributed by atoms with Crippen LogP contribution in [0.15, 0.2) is 23.7 Å². The number of hydrogen-bond donors (Lipinski definition) is 1. The van der Waals surface area contributed by atoms with E-state index in [-0.39, 0.29) is 11.9 Å². The Hall–Kier alpha value is -1.76. The number of nitrogens with two attached hydrogens (primary N) is 1.